The molecule has 1 aliphatic carbocycles. The van der Waals surface area contributed by atoms with E-state index in [2.05, 4.69) is 15.9 Å². The monoisotopic (exact) mass is 317 g/mol. The molecule has 0 heterocycles. The Morgan fingerprint density at radius 3 is 2.82 bits per heavy atom. The first kappa shape index (κ1) is 13.4. The molecule has 0 amide bonds. The molecule has 1 atom stereocenters. The van der Waals surface area contributed by atoms with Gasteiger partial charge < -0.3 is 5.73 Å². The van der Waals surface area contributed by atoms with Gasteiger partial charge in [-0.2, -0.15) is 11.8 Å². The molecule has 2 rings (SSSR count). The summed E-state index contributed by atoms with van der Waals surface area (Å²) in [4.78, 5) is 0. The van der Waals surface area contributed by atoms with Crippen molar-refractivity contribution in [2.45, 2.75) is 37.0 Å². The molecule has 1 aromatic rings. The van der Waals surface area contributed by atoms with Crippen LogP contribution in [0.3, 0.4) is 0 Å². The van der Waals surface area contributed by atoms with Crippen molar-refractivity contribution in [1.29, 1.82) is 0 Å². The summed E-state index contributed by atoms with van der Waals surface area (Å²) in [6.45, 7) is 0. The van der Waals surface area contributed by atoms with E-state index >= 15 is 0 Å². The van der Waals surface area contributed by atoms with Crippen LogP contribution >= 0.6 is 27.7 Å². The Hall–Kier alpha value is -0.0600. The first-order chi connectivity index (χ1) is 8.16. The van der Waals surface area contributed by atoms with E-state index in [0.29, 0.717) is 5.56 Å². The van der Waals surface area contributed by atoms with E-state index in [1.165, 1.54) is 31.7 Å². The van der Waals surface area contributed by atoms with Crippen LogP contribution in [0.1, 0.15) is 37.3 Å². The van der Waals surface area contributed by atoms with Gasteiger partial charge in [0.05, 0.1) is 0 Å². The third kappa shape index (κ3) is 3.70. The van der Waals surface area contributed by atoms with Crippen molar-refractivity contribution in [3.8, 4) is 0 Å². The summed E-state index contributed by atoms with van der Waals surface area (Å²) in [5.41, 5.74) is 6.68. The maximum Gasteiger partial charge on any atom is 0.128 e. The molecule has 17 heavy (non-hydrogen) atoms. The fourth-order valence-electron chi connectivity index (χ4n) is 2.18. The molecule has 0 spiro atoms. The van der Waals surface area contributed by atoms with Crippen LogP contribution < -0.4 is 5.73 Å². The van der Waals surface area contributed by atoms with Crippen molar-refractivity contribution in [2.24, 2.45) is 5.73 Å². The van der Waals surface area contributed by atoms with Gasteiger partial charge >= 0.3 is 0 Å². The fourth-order valence-corrected chi connectivity index (χ4v) is 3.89. The average molecular weight is 318 g/mol. The summed E-state index contributed by atoms with van der Waals surface area (Å²) in [5.74, 6) is 0.602. The van der Waals surface area contributed by atoms with Gasteiger partial charge in [0.1, 0.15) is 5.82 Å². The topological polar surface area (TPSA) is 26.0 Å². The van der Waals surface area contributed by atoms with E-state index < -0.39 is 0 Å². The van der Waals surface area contributed by atoms with Gasteiger partial charge in [0, 0.05) is 27.1 Å². The molecule has 0 bridgehead atoms. The summed E-state index contributed by atoms with van der Waals surface area (Å²) in [7, 11) is 0. The van der Waals surface area contributed by atoms with Crippen LogP contribution in [0.2, 0.25) is 0 Å². The molecule has 1 unspecified atom stereocenters. The Morgan fingerprint density at radius 1 is 1.41 bits per heavy atom. The summed E-state index contributed by atoms with van der Waals surface area (Å²) >= 11 is 5.25. The minimum absolute atomic E-state index is 0.201. The second kappa shape index (κ2) is 6.21. The zero-order valence-corrected chi connectivity index (χ0v) is 12.1. The standard InChI is InChI=1S/C13H17BrFNS/c14-9-5-6-12(15)11(7-9)13(16)8-17-10-3-1-2-4-10/h5-7,10,13H,1-4,8,16H2. The summed E-state index contributed by atoms with van der Waals surface area (Å²) < 4.78 is 14.5. The van der Waals surface area contributed by atoms with Crippen LogP contribution in [0.5, 0.6) is 0 Å². The molecule has 0 aliphatic heterocycles. The van der Waals surface area contributed by atoms with Crippen LogP contribution in [-0.4, -0.2) is 11.0 Å². The van der Waals surface area contributed by atoms with Gasteiger partial charge in [0.2, 0.25) is 0 Å². The smallest absolute Gasteiger partial charge is 0.128 e. The van der Waals surface area contributed by atoms with Crippen molar-refractivity contribution >= 4 is 27.7 Å². The summed E-state index contributed by atoms with van der Waals surface area (Å²) in [6, 6.07) is 4.75. The first-order valence-electron chi connectivity index (χ1n) is 5.99. The van der Waals surface area contributed by atoms with Gasteiger partial charge in [-0.25, -0.2) is 4.39 Å². The Labute approximate surface area is 114 Å². The number of halogens is 2. The van der Waals surface area contributed by atoms with Crippen LogP contribution in [0.15, 0.2) is 22.7 Å². The number of hydrogen-bond donors (Lipinski definition) is 1. The predicted octanol–water partition coefficient (Wildman–Crippen LogP) is 4.26. The molecule has 94 valence electrons. The van der Waals surface area contributed by atoms with Crippen LogP contribution in [0.4, 0.5) is 4.39 Å². The highest BCUT2D eigenvalue weighted by molar-refractivity contribution is 9.10. The van der Waals surface area contributed by atoms with Crippen molar-refractivity contribution in [3.05, 3.63) is 34.1 Å². The van der Waals surface area contributed by atoms with Gasteiger partial charge in [-0.15, -0.1) is 0 Å². The van der Waals surface area contributed by atoms with E-state index in [1.807, 2.05) is 11.8 Å². The van der Waals surface area contributed by atoms with E-state index in [-0.39, 0.29) is 11.9 Å². The van der Waals surface area contributed by atoms with Crippen LogP contribution in [-0.2, 0) is 0 Å². The van der Waals surface area contributed by atoms with E-state index in [4.69, 9.17) is 5.73 Å². The first-order valence-corrected chi connectivity index (χ1v) is 7.83. The molecule has 1 fully saturated rings. The highest BCUT2D eigenvalue weighted by atomic mass is 79.9. The lowest BCUT2D eigenvalue weighted by atomic mass is 10.1. The van der Waals surface area contributed by atoms with Crippen molar-refractivity contribution < 1.29 is 4.39 Å². The second-order valence-electron chi connectivity index (χ2n) is 4.51. The number of hydrogen-bond acceptors (Lipinski definition) is 2. The van der Waals surface area contributed by atoms with Crippen molar-refractivity contribution in [1.82, 2.24) is 0 Å². The highest BCUT2D eigenvalue weighted by Gasteiger charge is 2.18. The normalized spacial score (nSPS) is 18.5. The van der Waals surface area contributed by atoms with Gasteiger partial charge in [0.25, 0.3) is 0 Å². The van der Waals surface area contributed by atoms with Gasteiger partial charge in [0.15, 0.2) is 0 Å². The van der Waals surface area contributed by atoms with E-state index in [9.17, 15) is 4.39 Å². The molecule has 0 radical (unpaired) electrons. The lowest BCUT2D eigenvalue weighted by molar-refractivity contribution is 0.594. The quantitative estimate of drug-likeness (QED) is 0.897. The molecule has 2 N–H and O–H groups in total. The largest absolute Gasteiger partial charge is 0.323 e. The lowest BCUT2D eigenvalue weighted by Gasteiger charge is -2.15. The molecule has 0 saturated heterocycles. The second-order valence-corrected chi connectivity index (χ2v) is 6.76. The fraction of sp³-hybridized carbons (Fsp3) is 0.538. The van der Waals surface area contributed by atoms with Crippen LogP contribution in [0, 0.1) is 5.82 Å². The number of benzene rings is 1. The molecular weight excluding hydrogens is 301 g/mol. The Bertz CT molecular complexity index is 380. The molecule has 4 heteroatoms. The maximum atomic E-state index is 13.6. The third-order valence-electron chi connectivity index (χ3n) is 3.17. The molecular formula is C13H17BrFNS. The number of thioether (sulfide) groups is 1. The van der Waals surface area contributed by atoms with Gasteiger partial charge in [-0.05, 0) is 31.0 Å². The molecule has 0 aromatic heterocycles. The Balaban J connectivity index is 1.93. The Morgan fingerprint density at radius 2 is 2.12 bits per heavy atom. The van der Waals surface area contributed by atoms with Gasteiger partial charge in [-0.1, -0.05) is 28.8 Å². The molecule has 1 aliphatic rings. The summed E-state index contributed by atoms with van der Waals surface area (Å²) in [5, 5.41) is 0.733. The molecule has 1 aromatic carbocycles. The van der Waals surface area contributed by atoms with E-state index in [0.717, 1.165) is 15.5 Å². The van der Waals surface area contributed by atoms with Gasteiger partial charge in [-0.3, -0.25) is 0 Å². The zero-order valence-electron chi connectivity index (χ0n) is 9.66. The van der Waals surface area contributed by atoms with Crippen molar-refractivity contribution in [2.75, 3.05) is 5.75 Å². The van der Waals surface area contributed by atoms with Crippen molar-refractivity contribution in [3.63, 3.8) is 0 Å². The molecule has 1 saturated carbocycles. The summed E-state index contributed by atoms with van der Waals surface area (Å²) in [6.07, 6.45) is 5.24. The SMILES string of the molecule is NC(CSC1CCCC1)c1cc(Br)ccc1F. The van der Waals surface area contributed by atoms with Crippen LogP contribution in [0.25, 0.3) is 0 Å². The van der Waals surface area contributed by atoms with E-state index in [1.54, 1.807) is 12.1 Å². The minimum atomic E-state index is -0.210. The number of nitrogens with two attached hydrogens (primary N) is 1. The minimum Gasteiger partial charge on any atom is -0.323 e. The predicted molar refractivity (Wildman–Crippen MR) is 75.7 cm³/mol. The maximum absolute atomic E-state index is 13.6. The third-order valence-corrected chi connectivity index (χ3v) is 5.16. The highest BCUT2D eigenvalue weighted by Crippen LogP contribution is 2.32. The number of rotatable bonds is 4. The lowest BCUT2D eigenvalue weighted by Crippen LogP contribution is -2.16. The Kier molecular flexibility index (Phi) is 4.88. The molecule has 1 nitrogen and oxygen atoms in total. The average Bonchev–Trinajstić information content (AvgIpc) is 2.82. The zero-order chi connectivity index (χ0) is 12.3.